The third-order valence-corrected chi connectivity index (χ3v) is 5.51. The van der Waals surface area contributed by atoms with Gasteiger partial charge in [0.25, 0.3) is 11.1 Å². The van der Waals surface area contributed by atoms with Crippen molar-refractivity contribution in [1.29, 1.82) is 0 Å². The normalized spacial score (nSPS) is 14.4. The average molecular weight is 509 g/mol. The van der Waals surface area contributed by atoms with Gasteiger partial charge in [0.15, 0.2) is 18.1 Å². The minimum Gasteiger partial charge on any atom is -0.490 e. The first kappa shape index (κ1) is 25.1. The number of amides is 3. The number of rotatable bonds is 9. The lowest BCUT2D eigenvalue weighted by atomic mass is 10.1. The molecule has 1 aliphatic rings. The quantitative estimate of drug-likeness (QED) is 0.487. The molecule has 0 saturated carbocycles. The van der Waals surface area contributed by atoms with Gasteiger partial charge in [0.2, 0.25) is 5.91 Å². The number of carboxylic acid groups (broad SMARTS) is 1. The molecule has 1 saturated heterocycles. The minimum absolute atomic E-state index is 0.0106. The Morgan fingerprint density at radius 1 is 1.24 bits per heavy atom. The van der Waals surface area contributed by atoms with Crippen molar-refractivity contribution in [2.75, 3.05) is 25.1 Å². The maximum atomic E-state index is 13.3. The highest BCUT2D eigenvalue weighted by molar-refractivity contribution is 8.18. The molecule has 0 bridgehead atoms. The third-order valence-electron chi connectivity index (χ3n) is 4.31. The molecule has 3 amide bonds. The zero-order chi connectivity index (χ0) is 24.8. The average Bonchev–Trinajstić information content (AvgIpc) is 3.03. The smallest absolute Gasteiger partial charge is 0.341 e. The summed E-state index contributed by atoms with van der Waals surface area (Å²) in [5.41, 5.74) is 0.523. The molecule has 0 unspecified atom stereocenters. The summed E-state index contributed by atoms with van der Waals surface area (Å²) >= 11 is 6.30. The molecule has 0 atom stereocenters. The molecule has 9 nitrogen and oxygen atoms in total. The van der Waals surface area contributed by atoms with Crippen LogP contribution in [0.3, 0.4) is 0 Å². The number of anilines is 1. The Balaban J connectivity index is 1.78. The number of nitrogens with one attached hydrogen (secondary N) is 1. The molecular formula is C22H18ClFN2O7S. The van der Waals surface area contributed by atoms with Crippen molar-refractivity contribution in [3.8, 4) is 11.5 Å². The van der Waals surface area contributed by atoms with E-state index < -0.39 is 42.0 Å². The second-order valence-electron chi connectivity index (χ2n) is 6.73. The second kappa shape index (κ2) is 11.0. The fourth-order valence-electron chi connectivity index (χ4n) is 2.90. The van der Waals surface area contributed by atoms with Gasteiger partial charge in [0.05, 0.1) is 16.5 Å². The van der Waals surface area contributed by atoms with Gasteiger partial charge in [-0.25, -0.2) is 9.18 Å². The van der Waals surface area contributed by atoms with Gasteiger partial charge in [-0.2, -0.15) is 0 Å². The Bertz CT molecular complexity index is 1190. The third kappa shape index (κ3) is 6.06. The summed E-state index contributed by atoms with van der Waals surface area (Å²) in [5, 5.41) is 10.5. The summed E-state index contributed by atoms with van der Waals surface area (Å²) in [4.78, 5) is 49.2. The topological polar surface area (TPSA) is 122 Å². The maximum Gasteiger partial charge on any atom is 0.341 e. The predicted molar refractivity (Wildman–Crippen MR) is 123 cm³/mol. The number of imide groups is 1. The monoisotopic (exact) mass is 508 g/mol. The van der Waals surface area contributed by atoms with Crippen LogP contribution in [0.4, 0.5) is 14.9 Å². The van der Waals surface area contributed by atoms with Gasteiger partial charge in [-0.05, 0) is 49.0 Å². The molecule has 1 fully saturated rings. The second-order valence-corrected chi connectivity index (χ2v) is 8.14. The number of nitrogens with zero attached hydrogens (tertiary/aromatic N) is 1. The van der Waals surface area contributed by atoms with E-state index in [4.69, 9.17) is 26.2 Å². The summed E-state index contributed by atoms with van der Waals surface area (Å²) in [6, 6.07) is 8.33. The summed E-state index contributed by atoms with van der Waals surface area (Å²) in [6.07, 6.45) is 1.36. The Morgan fingerprint density at radius 2 is 2.00 bits per heavy atom. The van der Waals surface area contributed by atoms with Gasteiger partial charge < -0.3 is 19.9 Å². The minimum atomic E-state index is -1.20. The molecule has 178 valence electrons. The van der Waals surface area contributed by atoms with Crippen molar-refractivity contribution in [3.05, 3.63) is 57.7 Å². The molecule has 0 aliphatic carbocycles. The van der Waals surface area contributed by atoms with Crippen LogP contribution < -0.4 is 14.8 Å². The fraction of sp³-hybridized carbons (Fsp3) is 0.182. The van der Waals surface area contributed by atoms with E-state index in [0.717, 1.165) is 11.0 Å². The Kier molecular flexibility index (Phi) is 8.13. The summed E-state index contributed by atoms with van der Waals surface area (Å²) in [5.74, 6) is -2.89. The highest BCUT2D eigenvalue weighted by Gasteiger charge is 2.36. The highest BCUT2D eigenvalue weighted by Crippen LogP contribution is 2.37. The maximum absolute atomic E-state index is 13.3. The van der Waals surface area contributed by atoms with E-state index >= 15 is 0 Å². The van der Waals surface area contributed by atoms with Crippen molar-refractivity contribution >= 4 is 58.1 Å². The lowest BCUT2D eigenvalue weighted by Gasteiger charge is -2.14. The first-order valence-corrected chi connectivity index (χ1v) is 11.0. The van der Waals surface area contributed by atoms with Gasteiger partial charge in [0, 0.05) is 11.3 Å². The molecule has 2 N–H and O–H groups in total. The molecule has 0 spiro atoms. The van der Waals surface area contributed by atoms with Gasteiger partial charge in [-0.15, -0.1) is 0 Å². The first-order chi connectivity index (χ1) is 16.2. The number of para-hydroxylation sites is 1. The van der Waals surface area contributed by atoms with Crippen molar-refractivity contribution in [1.82, 2.24) is 4.90 Å². The van der Waals surface area contributed by atoms with E-state index in [-0.39, 0.29) is 33.7 Å². The Morgan fingerprint density at radius 3 is 2.68 bits per heavy atom. The van der Waals surface area contributed by atoms with E-state index in [1.807, 2.05) is 0 Å². The van der Waals surface area contributed by atoms with Crippen molar-refractivity contribution in [2.45, 2.75) is 6.92 Å². The van der Waals surface area contributed by atoms with E-state index in [0.29, 0.717) is 17.3 Å². The van der Waals surface area contributed by atoms with Crippen LogP contribution in [0.15, 0.2) is 41.3 Å². The SMILES string of the molecule is CCOc1cccc(/C=C2\SC(=O)N(CC(=O)Nc3ccc(F)c(Cl)c3)C2=O)c1OCC(=O)O. The van der Waals surface area contributed by atoms with Crippen LogP contribution in [-0.4, -0.2) is 52.8 Å². The van der Waals surface area contributed by atoms with E-state index in [1.54, 1.807) is 25.1 Å². The molecule has 0 radical (unpaired) electrons. The highest BCUT2D eigenvalue weighted by atomic mass is 35.5. The molecule has 0 aromatic heterocycles. The molecule has 12 heteroatoms. The lowest BCUT2D eigenvalue weighted by molar-refractivity contribution is -0.139. The molecule has 1 aliphatic heterocycles. The molecular weight excluding hydrogens is 491 g/mol. The van der Waals surface area contributed by atoms with Crippen molar-refractivity contribution in [2.24, 2.45) is 0 Å². The van der Waals surface area contributed by atoms with Crippen LogP contribution in [-0.2, 0) is 14.4 Å². The number of benzene rings is 2. The first-order valence-electron chi connectivity index (χ1n) is 9.80. The molecule has 1 heterocycles. The summed E-state index contributed by atoms with van der Waals surface area (Å²) in [7, 11) is 0. The van der Waals surface area contributed by atoms with Gasteiger partial charge in [0.1, 0.15) is 12.4 Å². The zero-order valence-electron chi connectivity index (χ0n) is 17.7. The van der Waals surface area contributed by atoms with Crippen LogP contribution in [0.1, 0.15) is 12.5 Å². The van der Waals surface area contributed by atoms with Crippen LogP contribution in [0, 0.1) is 5.82 Å². The van der Waals surface area contributed by atoms with E-state index in [2.05, 4.69) is 5.32 Å². The standard InChI is InChI=1S/C22H18ClFN2O7S/c1-2-32-16-5-3-4-12(20(16)33-11-19(28)29)8-17-21(30)26(22(31)34-17)10-18(27)25-13-6-7-15(24)14(23)9-13/h3-9H,2,10-11H2,1H3,(H,25,27)(H,28,29)/b17-8-. The van der Waals surface area contributed by atoms with Gasteiger partial charge in [-0.1, -0.05) is 23.7 Å². The van der Waals surface area contributed by atoms with Crippen LogP contribution in [0.5, 0.6) is 11.5 Å². The number of ether oxygens (including phenoxy) is 2. The van der Waals surface area contributed by atoms with Crippen LogP contribution in [0.2, 0.25) is 5.02 Å². The largest absolute Gasteiger partial charge is 0.490 e. The zero-order valence-corrected chi connectivity index (χ0v) is 19.2. The van der Waals surface area contributed by atoms with Crippen molar-refractivity contribution in [3.63, 3.8) is 0 Å². The molecule has 2 aromatic carbocycles. The Hall–Kier alpha value is -3.57. The number of halogens is 2. The predicted octanol–water partition coefficient (Wildman–Crippen LogP) is 4.02. The summed E-state index contributed by atoms with van der Waals surface area (Å²) < 4.78 is 24.1. The van der Waals surface area contributed by atoms with E-state index in [9.17, 15) is 23.6 Å². The number of aliphatic carboxylic acids is 1. The number of carbonyl (C=O) groups is 4. The fourth-order valence-corrected chi connectivity index (χ4v) is 3.91. The molecule has 2 aromatic rings. The van der Waals surface area contributed by atoms with Crippen LogP contribution >= 0.6 is 23.4 Å². The lowest BCUT2D eigenvalue weighted by Crippen LogP contribution is -2.36. The van der Waals surface area contributed by atoms with Crippen LogP contribution in [0.25, 0.3) is 6.08 Å². The Labute approximate surface area is 202 Å². The van der Waals surface area contributed by atoms with Crippen molar-refractivity contribution < 1.29 is 38.1 Å². The number of hydrogen-bond acceptors (Lipinski definition) is 7. The van der Waals surface area contributed by atoms with Gasteiger partial charge >= 0.3 is 5.97 Å². The molecule has 3 rings (SSSR count). The molecule has 34 heavy (non-hydrogen) atoms. The number of carbonyl (C=O) groups excluding carboxylic acids is 3. The number of hydrogen-bond donors (Lipinski definition) is 2. The van der Waals surface area contributed by atoms with Gasteiger partial charge in [-0.3, -0.25) is 19.3 Å². The number of carboxylic acids is 1. The number of thioether (sulfide) groups is 1. The summed E-state index contributed by atoms with van der Waals surface area (Å²) in [6.45, 7) is 0.820. The van der Waals surface area contributed by atoms with E-state index in [1.165, 1.54) is 18.2 Å².